The van der Waals surface area contributed by atoms with Gasteiger partial charge < -0.3 is 11.1 Å². The van der Waals surface area contributed by atoms with Gasteiger partial charge in [-0.3, -0.25) is 14.9 Å². The summed E-state index contributed by atoms with van der Waals surface area (Å²) in [6.45, 7) is 1.70. The SMILES string of the molecule is Cc1cccc([N+](=O)[O-])c1C(=O)NC1CCCCC1N. The van der Waals surface area contributed by atoms with Crippen molar-refractivity contribution in [1.29, 1.82) is 0 Å². The lowest BCUT2D eigenvalue weighted by Crippen LogP contribution is -2.49. The van der Waals surface area contributed by atoms with Crippen LogP contribution in [0.3, 0.4) is 0 Å². The van der Waals surface area contributed by atoms with Crippen molar-refractivity contribution in [2.75, 3.05) is 0 Å². The van der Waals surface area contributed by atoms with E-state index >= 15 is 0 Å². The van der Waals surface area contributed by atoms with E-state index in [1.54, 1.807) is 19.1 Å². The zero-order valence-electron chi connectivity index (χ0n) is 11.5. The Balaban J connectivity index is 2.23. The number of nitro benzene ring substituents is 1. The Kier molecular flexibility index (Phi) is 4.34. The van der Waals surface area contributed by atoms with E-state index in [9.17, 15) is 14.9 Å². The van der Waals surface area contributed by atoms with E-state index in [-0.39, 0.29) is 23.3 Å². The van der Waals surface area contributed by atoms with E-state index < -0.39 is 10.8 Å². The minimum Gasteiger partial charge on any atom is -0.348 e. The summed E-state index contributed by atoms with van der Waals surface area (Å²) in [5.74, 6) is -0.405. The number of hydrogen-bond acceptors (Lipinski definition) is 4. The van der Waals surface area contributed by atoms with Crippen LogP contribution in [0.15, 0.2) is 18.2 Å². The number of rotatable bonds is 3. The molecule has 2 rings (SSSR count). The second-order valence-corrected chi connectivity index (χ2v) is 5.25. The quantitative estimate of drug-likeness (QED) is 0.651. The summed E-state index contributed by atoms with van der Waals surface area (Å²) in [7, 11) is 0. The Bertz CT molecular complexity index is 530. The van der Waals surface area contributed by atoms with Crippen molar-refractivity contribution < 1.29 is 9.72 Å². The van der Waals surface area contributed by atoms with E-state index in [1.807, 2.05) is 0 Å². The topological polar surface area (TPSA) is 98.3 Å². The van der Waals surface area contributed by atoms with Crippen LogP contribution in [0, 0.1) is 17.0 Å². The van der Waals surface area contributed by atoms with Crippen molar-refractivity contribution >= 4 is 11.6 Å². The molecule has 6 heteroatoms. The normalized spacial score (nSPS) is 22.3. The number of nitrogens with two attached hydrogens (primary N) is 1. The van der Waals surface area contributed by atoms with Crippen LogP contribution in [0.2, 0.25) is 0 Å². The molecule has 1 aromatic rings. The molecule has 1 aliphatic rings. The summed E-state index contributed by atoms with van der Waals surface area (Å²) in [5, 5.41) is 13.9. The minimum absolute atomic E-state index is 0.0734. The van der Waals surface area contributed by atoms with E-state index in [0.29, 0.717) is 5.56 Å². The van der Waals surface area contributed by atoms with Crippen LogP contribution >= 0.6 is 0 Å². The first kappa shape index (κ1) is 14.5. The maximum absolute atomic E-state index is 12.3. The zero-order valence-corrected chi connectivity index (χ0v) is 11.5. The number of nitrogens with one attached hydrogen (secondary N) is 1. The molecule has 0 heterocycles. The first-order valence-corrected chi connectivity index (χ1v) is 6.81. The Labute approximate surface area is 117 Å². The van der Waals surface area contributed by atoms with Crippen molar-refractivity contribution in [3.8, 4) is 0 Å². The number of nitrogens with zero attached hydrogens (tertiary/aromatic N) is 1. The van der Waals surface area contributed by atoms with Gasteiger partial charge in [-0.15, -0.1) is 0 Å². The van der Waals surface area contributed by atoms with E-state index in [1.165, 1.54) is 6.07 Å². The molecular weight excluding hydrogens is 258 g/mol. The van der Waals surface area contributed by atoms with Gasteiger partial charge in [-0.05, 0) is 25.3 Å². The van der Waals surface area contributed by atoms with Gasteiger partial charge in [-0.1, -0.05) is 25.0 Å². The monoisotopic (exact) mass is 277 g/mol. The van der Waals surface area contributed by atoms with Gasteiger partial charge in [0, 0.05) is 18.2 Å². The van der Waals surface area contributed by atoms with Gasteiger partial charge in [-0.25, -0.2) is 0 Å². The molecule has 0 aliphatic heterocycles. The molecule has 0 spiro atoms. The van der Waals surface area contributed by atoms with Crippen LogP contribution in [0.5, 0.6) is 0 Å². The lowest BCUT2D eigenvalue weighted by molar-refractivity contribution is -0.385. The fraction of sp³-hybridized carbons (Fsp3) is 0.500. The minimum atomic E-state index is -0.525. The smallest absolute Gasteiger partial charge is 0.282 e. The van der Waals surface area contributed by atoms with Gasteiger partial charge in [0.15, 0.2) is 0 Å². The number of aryl methyl sites for hydroxylation is 1. The van der Waals surface area contributed by atoms with Crippen LogP contribution in [0.4, 0.5) is 5.69 Å². The first-order chi connectivity index (χ1) is 9.50. The molecule has 1 aromatic carbocycles. The fourth-order valence-corrected chi connectivity index (χ4v) is 2.68. The van der Waals surface area contributed by atoms with Crippen molar-refractivity contribution in [1.82, 2.24) is 5.32 Å². The molecule has 1 amide bonds. The molecule has 108 valence electrons. The molecule has 0 radical (unpaired) electrons. The molecule has 20 heavy (non-hydrogen) atoms. The molecule has 6 nitrogen and oxygen atoms in total. The molecule has 1 aliphatic carbocycles. The maximum Gasteiger partial charge on any atom is 0.282 e. The molecule has 0 saturated heterocycles. The highest BCUT2D eigenvalue weighted by molar-refractivity contribution is 5.99. The number of nitro groups is 1. The van der Waals surface area contributed by atoms with E-state index in [0.717, 1.165) is 25.7 Å². The molecule has 0 bridgehead atoms. The van der Waals surface area contributed by atoms with E-state index in [4.69, 9.17) is 5.73 Å². The summed E-state index contributed by atoms with van der Waals surface area (Å²) in [5.41, 5.74) is 6.57. The molecule has 0 aromatic heterocycles. The third-order valence-electron chi connectivity index (χ3n) is 3.81. The van der Waals surface area contributed by atoms with Gasteiger partial charge in [0.05, 0.1) is 4.92 Å². The summed E-state index contributed by atoms with van der Waals surface area (Å²) in [6, 6.07) is 4.45. The van der Waals surface area contributed by atoms with Gasteiger partial charge in [-0.2, -0.15) is 0 Å². The lowest BCUT2D eigenvalue weighted by Gasteiger charge is -2.29. The highest BCUT2D eigenvalue weighted by atomic mass is 16.6. The number of hydrogen-bond donors (Lipinski definition) is 2. The number of carbonyl (C=O) groups excluding carboxylic acids is 1. The van der Waals surface area contributed by atoms with Gasteiger partial charge >= 0.3 is 0 Å². The van der Waals surface area contributed by atoms with Crippen molar-refractivity contribution in [3.05, 3.63) is 39.4 Å². The second kappa shape index (κ2) is 6.00. The third kappa shape index (κ3) is 2.96. The molecule has 3 N–H and O–H groups in total. The first-order valence-electron chi connectivity index (χ1n) is 6.81. The third-order valence-corrected chi connectivity index (χ3v) is 3.81. The van der Waals surface area contributed by atoms with Crippen LogP contribution in [-0.4, -0.2) is 22.9 Å². The molecule has 2 atom stereocenters. The average molecular weight is 277 g/mol. The second-order valence-electron chi connectivity index (χ2n) is 5.25. The molecule has 1 saturated carbocycles. The van der Waals surface area contributed by atoms with Crippen LogP contribution in [0.25, 0.3) is 0 Å². The van der Waals surface area contributed by atoms with Crippen LogP contribution in [-0.2, 0) is 0 Å². The predicted octanol–water partition coefficient (Wildman–Crippen LogP) is 1.90. The molecular formula is C14H19N3O3. The Hall–Kier alpha value is -1.95. The van der Waals surface area contributed by atoms with Gasteiger partial charge in [0.2, 0.25) is 0 Å². The summed E-state index contributed by atoms with van der Waals surface area (Å²) >= 11 is 0. The Morgan fingerprint density at radius 3 is 2.75 bits per heavy atom. The summed E-state index contributed by atoms with van der Waals surface area (Å²) < 4.78 is 0. The van der Waals surface area contributed by atoms with E-state index in [2.05, 4.69) is 5.32 Å². The lowest BCUT2D eigenvalue weighted by atomic mass is 9.90. The fourth-order valence-electron chi connectivity index (χ4n) is 2.68. The number of benzene rings is 1. The number of carbonyl (C=O) groups is 1. The summed E-state index contributed by atoms with van der Waals surface area (Å²) in [6.07, 6.45) is 3.79. The molecule has 2 unspecified atom stereocenters. The predicted molar refractivity (Wildman–Crippen MR) is 75.5 cm³/mol. The van der Waals surface area contributed by atoms with Gasteiger partial charge in [0.25, 0.3) is 11.6 Å². The zero-order chi connectivity index (χ0) is 14.7. The highest BCUT2D eigenvalue weighted by Crippen LogP contribution is 2.23. The Morgan fingerprint density at radius 2 is 2.10 bits per heavy atom. The van der Waals surface area contributed by atoms with Gasteiger partial charge in [0.1, 0.15) is 5.56 Å². The van der Waals surface area contributed by atoms with Crippen molar-refractivity contribution in [2.45, 2.75) is 44.7 Å². The number of amides is 1. The van der Waals surface area contributed by atoms with Crippen LogP contribution in [0.1, 0.15) is 41.6 Å². The Morgan fingerprint density at radius 1 is 1.40 bits per heavy atom. The van der Waals surface area contributed by atoms with Crippen molar-refractivity contribution in [2.24, 2.45) is 5.73 Å². The largest absolute Gasteiger partial charge is 0.348 e. The maximum atomic E-state index is 12.3. The van der Waals surface area contributed by atoms with Crippen LogP contribution < -0.4 is 11.1 Å². The molecule has 1 fully saturated rings. The summed E-state index contributed by atoms with van der Waals surface area (Å²) in [4.78, 5) is 22.8. The standard InChI is InChI=1S/C14H19N3O3/c1-9-5-4-8-12(17(19)20)13(9)14(18)16-11-7-3-2-6-10(11)15/h4-5,8,10-11H,2-3,6-7,15H2,1H3,(H,16,18). The average Bonchev–Trinajstić information content (AvgIpc) is 2.40. The highest BCUT2D eigenvalue weighted by Gasteiger charge is 2.27. The van der Waals surface area contributed by atoms with Crippen molar-refractivity contribution in [3.63, 3.8) is 0 Å².